The fourth-order valence-electron chi connectivity index (χ4n) is 2.95. The molecular formula is C16H21ClN2O2. The van der Waals surface area contributed by atoms with Gasteiger partial charge in [-0.05, 0) is 37.4 Å². The zero-order valence-corrected chi connectivity index (χ0v) is 13.0. The van der Waals surface area contributed by atoms with E-state index in [1.807, 2.05) is 13.1 Å². The van der Waals surface area contributed by atoms with Gasteiger partial charge in [-0.1, -0.05) is 42.5 Å². The van der Waals surface area contributed by atoms with E-state index in [1.54, 1.807) is 12.1 Å². The number of non-ortho nitro benzene ring substituents is 1. The summed E-state index contributed by atoms with van der Waals surface area (Å²) in [6.07, 6.45) is 8.24. The fourth-order valence-corrected chi connectivity index (χ4v) is 3.12. The Hall–Kier alpha value is -1.39. The van der Waals surface area contributed by atoms with E-state index in [2.05, 4.69) is 5.32 Å². The Kier molecular flexibility index (Phi) is 5.76. The number of hydrogen-bond donors (Lipinski definition) is 1. The van der Waals surface area contributed by atoms with Crippen LogP contribution in [-0.4, -0.2) is 18.5 Å². The molecule has 1 aromatic carbocycles. The Balaban J connectivity index is 2.32. The molecule has 5 heteroatoms. The van der Waals surface area contributed by atoms with Gasteiger partial charge < -0.3 is 5.32 Å². The van der Waals surface area contributed by atoms with Crippen molar-refractivity contribution in [1.82, 2.24) is 5.32 Å². The van der Waals surface area contributed by atoms with Gasteiger partial charge in [0.05, 0.1) is 4.92 Å². The van der Waals surface area contributed by atoms with E-state index in [0.29, 0.717) is 10.9 Å². The zero-order chi connectivity index (χ0) is 15.2. The minimum Gasteiger partial charge on any atom is -0.316 e. The highest BCUT2D eigenvalue weighted by atomic mass is 35.5. The van der Waals surface area contributed by atoms with Crippen LogP contribution in [0.3, 0.4) is 0 Å². The van der Waals surface area contributed by atoms with Crippen molar-refractivity contribution in [3.8, 4) is 0 Å². The minimum absolute atomic E-state index is 0.0816. The van der Waals surface area contributed by atoms with Gasteiger partial charge in [0.2, 0.25) is 0 Å². The third kappa shape index (κ3) is 4.29. The van der Waals surface area contributed by atoms with Crippen LogP contribution in [0.1, 0.15) is 37.7 Å². The molecule has 0 spiro atoms. The maximum Gasteiger partial charge on any atom is 0.270 e. The number of nitrogens with one attached hydrogen (secondary N) is 1. The van der Waals surface area contributed by atoms with Crippen molar-refractivity contribution in [2.75, 3.05) is 13.6 Å². The van der Waals surface area contributed by atoms with Crippen LogP contribution in [0.15, 0.2) is 23.8 Å². The number of nitro groups is 1. The molecule has 0 amide bonds. The molecule has 1 saturated carbocycles. The molecule has 0 unspecified atom stereocenters. The average molecular weight is 309 g/mol. The number of likely N-dealkylation sites (N-methyl/N-ethyl adjacent to an activating group) is 1. The Labute approximate surface area is 130 Å². The Morgan fingerprint density at radius 3 is 2.76 bits per heavy atom. The average Bonchev–Trinajstić information content (AvgIpc) is 2.49. The lowest BCUT2D eigenvalue weighted by atomic mass is 9.83. The maximum atomic E-state index is 10.9. The molecule has 0 radical (unpaired) electrons. The largest absolute Gasteiger partial charge is 0.316 e. The van der Waals surface area contributed by atoms with Crippen LogP contribution in [0.5, 0.6) is 0 Å². The first-order chi connectivity index (χ1) is 10.1. The highest BCUT2D eigenvalue weighted by Gasteiger charge is 2.18. The second-order valence-electron chi connectivity index (χ2n) is 5.55. The smallest absolute Gasteiger partial charge is 0.270 e. The van der Waals surface area contributed by atoms with Crippen LogP contribution in [0.4, 0.5) is 5.69 Å². The Bertz CT molecular complexity index is 537. The van der Waals surface area contributed by atoms with Gasteiger partial charge in [0.15, 0.2) is 0 Å². The van der Waals surface area contributed by atoms with Crippen LogP contribution < -0.4 is 5.32 Å². The minimum atomic E-state index is -0.383. The number of nitrogens with zero attached hydrogens (tertiary/aromatic N) is 1. The Morgan fingerprint density at radius 1 is 1.43 bits per heavy atom. The van der Waals surface area contributed by atoms with Crippen LogP contribution in [0.2, 0.25) is 5.02 Å². The number of rotatable bonds is 5. The molecule has 1 aliphatic rings. The van der Waals surface area contributed by atoms with Crippen molar-refractivity contribution in [3.63, 3.8) is 0 Å². The van der Waals surface area contributed by atoms with E-state index >= 15 is 0 Å². The molecule has 1 aliphatic carbocycles. The first-order valence-corrected chi connectivity index (χ1v) is 7.78. The van der Waals surface area contributed by atoms with Crippen LogP contribution in [0.25, 0.3) is 6.08 Å². The van der Waals surface area contributed by atoms with Crippen LogP contribution >= 0.6 is 11.6 Å². The molecule has 0 aromatic heterocycles. The van der Waals surface area contributed by atoms with Gasteiger partial charge in [-0.3, -0.25) is 10.1 Å². The van der Waals surface area contributed by atoms with Gasteiger partial charge in [-0.25, -0.2) is 0 Å². The summed E-state index contributed by atoms with van der Waals surface area (Å²) in [6, 6.07) is 4.60. The molecule has 0 atom stereocenters. The van der Waals surface area contributed by atoms with E-state index in [9.17, 15) is 10.1 Å². The fraction of sp³-hybridized carbons (Fsp3) is 0.500. The summed E-state index contributed by atoms with van der Waals surface area (Å²) < 4.78 is 0. The predicted octanol–water partition coefficient (Wildman–Crippen LogP) is 4.43. The zero-order valence-electron chi connectivity index (χ0n) is 12.3. The third-order valence-electron chi connectivity index (χ3n) is 4.04. The monoisotopic (exact) mass is 308 g/mol. The Morgan fingerprint density at radius 2 is 2.14 bits per heavy atom. The van der Waals surface area contributed by atoms with Crippen molar-refractivity contribution < 1.29 is 4.92 Å². The lowest BCUT2D eigenvalue weighted by Crippen LogP contribution is -2.19. The summed E-state index contributed by atoms with van der Waals surface area (Å²) in [4.78, 5) is 10.5. The standard InChI is InChI=1S/C16H21ClN2O2/c1-18-11-14(12-5-3-2-4-6-12)9-13-10-15(19(20)21)7-8-16(13)17/h7-10,12,18H,2-6,11H2,1H3/b14-9-. The molecule has 1 fully saturated rings. The lowest BCUT2D eigenvalue weighted by Gasteiger charge is -2.24. The lowest BCUT2D eigenvalue weighted by molar-refractivity contribution is -0.384. The van der Waals surface area contributed by atoms with Crippen molar-refractivity contribution in [3.05, 3.63) is 44.5 Å². The SMILES string of the molecule is CNC/C(=C/c1cc([N+](=O)[O-])ccc1Cl)C1CCCCC1. The number of hydrogen-bond acceptors (Lipinski definition) is 3. The summed E-state index contributed by atoms with van der Waals surface area (Å²) >= 11 is 6.20. The second kappa shape index (κ2) is 7.57. The first-order valence-electron chi connectivity index (χ1n) is 7.41. The van der Waals surface area contributed by atoms with Crippen molar-refractivity contribution >= 4 is 23.4 Å². The molecular weight excluding hydrogens is 288 g/mol. The van der Waals surface area contributed by atoms with Gasteiger partial charge in [-0.2, -0.15) is 0 Å². The quantitative estimate of drug-likeness (QED) is 0.646. The summed E-state index contributed by atoms with van der Waals surface area (Å²) in [5, 5.41) is 14.7. The normalized spacial score (nSPS) is 17.0. The van der Waals surface area contributed by atoms with Crippen LogP contribution in [-0.2, 0) is 0 Å². The molecule has 0 aliphatic heterocycles. The van der Waals surface area contributed by atoms with E-state index in [1.165, 1.54) is 43.7 Å². The predicted molar refractivity (Wildman–Crippen MR) is 86.6 cm³/mol. The summed E-state index contributed by atoms with van der Waals surface area (Å²) in [7, 11) is 1.92. The topological polar surface area (TPSA) is 55.2 Å². The molecule has 2 rings (SSSR count). The van der Waals surface area contributed by atoms with Gasteiger partial charge in [0, 0.05) is 23.7 Å². The maximum absolute atomic E-state index is 10.9. The van der Waals surface area contributed by atoms with Gasteiger partial charge in [-0.15, -0.1) is 0 Å². The molecule has 0 saturated heterocycles. The van der Waals surface area contributed by atoms with Crippen molar-refractivity contribution in [2.24, 2.45) is 5.92 Å². The van der Waals surface area contributed by atoms with Gasteiger partial charge >= 0.3 is 0 Å². The van der Waals surface area contributed by atoms with Gasteiger partial charge in [0.1, 0.15) is 0 Å². The summed E-state index contributed by atoms with van der Waals surface area (Å²) in [5.74, 6) is 0.557. The molecule has 4 nitrogen and oxygen atoms in total. The van der Waals surface area contributed by atoms with E-state index < -0.39 is 0 Å². The van der Waals surface area contributed by atoms with E-state index in [4.69, 9.17) is 11.6 Å². The van der Waals surface area contributed by atoms with E-state index in [-0.39, 0.29) is 10.6 Å². The highest BCUT2D eigenvalue weighted by Crippen LogP contribution is 2.32. The second-order valence-corrected chi connectivity index (χ2v) is 5.95. The first kappa shape index (κ1) is 16.0. The highest BCUT2D eigenvalue weighted by molar-refractivity contribution is 6.32. The molecule has 1 N–H and O–H groups in total. The summed E-state index contributed by atoms with van der Waals surface area (Å²) in [6.45, 7) is 0.795. The number of benzene rings is 1. The van der Waals surface area contributed by atoms with Crippen molar-refractivity contribution in [2.45, 2.75) is 32.1 Å². The molecule has 0 bridgehead atoms. The number of nitro benzene ring substituents is 1. The molecule has 0 heterocycles. The van der Waals surface area contributed by atoms with E-state index in [0.717, 1.165) is 12.1 Å². The van der Waals surface area contributed by atoms with Crippen LogP contribution in [0, 0.1) is 16.0 Å². The van der Waals surface area contributed by atoms with Crippen molar-refractivity contribution in [1.29, 1.82) is 0 Å². The molecule has 1 aromatic rings. The van der Waals surface area contributed by atoms with Gasteiger partial charge in [0.25, 0.3) is 5.69 Å². The third-order valence-corrected chi connectivity index (χ3v) is 4.39. The molecule has 21 heavy (non-hydrogen) atoms. The molecule has 114 valence electrons. The number of halogens is 1. The summed E-state index contributed by atoms with van der Waals surface area (Å²) in [5.41, 5.74) is 2.11.